The molecule has 1 aromatic carbocycles. The molecule has 0 saturated carbocycles. The highest BCUT2D eigenvalue weighted by molar-refractivity contribution is 5.63. The number of ether oxygens (including phenoxy) is 2. The highest BCUT2D eigenvalue weighted by atomic mass is 16.5. The third-order valence-corrected chi connectivity index (χ3v) is 5.59. The van der Waals surface area contributed by atoms with Crippen LogP contribution in [0.4, 0.5) is 0 Å². The summed E-state index contributed by atoms with van der Waals surface area (Å²) in [6.45, 7) is 14.1. The van der Waals surface area contributed by atoms with Gasteiger partial charge in [0.05, 0.1) is 11.7 Å². The molecule has 4 N–H and O–H groups in total. The van der Waals surface area contributed by atoms with Crippen molar-refractivity contribution in [3.8, 4) is 0 Å². The number of nitrogens with two attached hydrogens (primary N) is 1. The molecule has 184 valence electrons. The zero-order chi connectivity index (χ0) is 24.3. The minimum Gasteiger partial charge on any atom is -0.384 e. The quantitative estimate of drug-likeness (QED) is 0.182. The summed E-state index contributed by atoms with van der Waals surface area (Å²) in [4.78, 5) is 4.30. The molecule has 6 heteroatoms. The maximum absolute atomic E-state index is 9.54. The van der Waals surface area contributed by atoms with Crippen LogP contribution in [0.2, 0.25) is 0 Å². The number of aliphatic hydroxyl groups excluding tert-OH is 1. The van der Waals surface area contributed by atoms with E-state index in [9.17, 15) is 5.11 Å². The van der Waals surface area contributed by atoms with Gasteiger partial charge in [-0.1, -0.05) is 30.9 Å². The number of nitrogens with zero attached hydrogens (tertiary/aromatic N) is 1. The van der Waals surface area contributed by atoms with Gasteiger partial charge in [0.2, 0.25) is 0 Å². The molecule has 1 aromatic rings. The third kappa shape index (κ3) is 10.2. The number of hydrogen-bond donors (Lipinski definition) is 3. The maximum atomic E-state index is 9.54. The second kappa shape index (κ2) is 13.7. The van der Waals surface area contributed by atoms with Crippen LogP contribution in [0.25, 0.3) is 0 Å². The molecule has 2 unspecified atom stereocenters. The summed E-state index contributed by atoms with van der Waals surface area (Å²) < 4.78 is 12.2. The first-order chi connectivity index (χ1) is 15.7. The molecule has 33 heavy (non-hydrogen) atoms. The minimum absolute atomic E-state index is 0.0266. The van der Waals surface area contributed by atoms with E-state index >= 15 is 0 Å². The lowest BCUT2D eigenvalue weighted by molar-refractivity contribution is -0.0666. The first-order valence-corrected chi connectivity index (χ1v) is 12.1. The molecule has 1 saturated heterocycles. The zero-order valence-corrected chi connectivity index (χ0v) is 20.8. The summed E-state index contributed by atoms with van der Waals surface area (Å²) in [5, 5.41) is 12.6. The largest absolute Gasteiger partial charge is 0.384 e. The lowest BCUT2D eigenvalue weighted by Gasteiger charge is -2.32. The number of rotatable bonds is 12. The smallest absolute Gasteiger partial charge is 0.122 e. The van der Waals surface area contributed by atoms with Crippen LogP contribution in [0.3, 0.4) is 0 Å². The number of nitrogens with one attached hydrogen (secondary N) is 1. The summed E-state index contributed by atoms with van der Waals surface area (Å²) in [7, 11) is 0. The van der Waals surface area contributed by atoms with Crippen LogP contribution in [-0.2, 0) is 15.9 Å². The molecule has 6 nitrogen and oxygen atoms in total. The SMILES string of the molecule is C=C/C=C(/N)N=CCc1ccc(C2CCOCC2)c(C(CCCNC(C)O)OC(C)(C)C)c1. The summed E-state index contributed by atoms with van der Waals surface area (Å²) in [6.07, 6.45) is 9.17. The predicted molar refractivity (Wildman–Crippen MR) is 136 cm³/mol. The van der Waals surface area contributed by atoms with Crippen molar-refractivity contribution >= 4 is 6.21 Å². The monoisotopic (exact) mass is 457 g/mol. The standard InChI is InChI=1S/C27H43N3O3/c1-6-8-26(28)30-16-12-21-10-11-23(22-13-17-32-18-14-22)24(19-21)25(33-27(3,4)5)9-7-15-29-20(2)31/h6,8,10-11,16,19-20,22,25,29,31H,1,7,9,12-15,17-18,28H2,2-5H3/b26-8-,30-16?. The minimum atomic E-state index is -0.505. The molecule has 0 aromatic heterocycles. The second-order valence-corrected chi connectivity index (χ2v) is 9.68. The Hall–Kier alpha value is -1.99. The van der Waals surface area contributed by atoms with E-state index < -0.39 is 6.23 Å². The van der Waals surface area contributed by atoms with Crippen LogP contribution in [0, 0.1) is 0 Å². The van der Waals surface area contributed by atoms with Crippen LogP contribution in [0.15, 0.2) is 47.7 Å². The van der Waals surface area contributed by atoms with Crippen molar-refractivity contribution in [3.05, 3.63) is 59.4 Å². The highest BCUT2D eigenvalue weighted by Crippen LogP contribution is 2.37. The second-order valence-electron chi connectivity index (χ2n) is 9.68. The van der Waals surface area contributed by atoms with Crippen molar-refractivity contribution < 1.29 is 14.6 Å². The van der Waals surface area contributed by atoms with Crippen LogP contribution >= 0.6 is 0 Å². The fourth-order valence-electron chi connectivity index (χ4n) is 4.13. The number of aliphatic imine (C=N–C) groups is 1. The first kappa shape index (κ1) is 27.3. The normalized spacial score (nSPS) is 17.9. The number of allylic oxidation sites excluding steroid dienone is 2. The molecule has 0 amide bonds. The maximum Gasteiger partial charge on any atom is 0.122 e. The first-order valence-electron chi connectivity index (χ1n) is 12.1. The van der Waals surface area contributed by atoms with Crippen LogP contribution < -0.4 is 11.1 Å². The topological polar surface area (TPSA) is 89.1 Å². The molecule has 1 aliphatic heterocycles. The van der Waals surface area contributed by atoms with Gasteiger partial charge in [0.15, 0.2) is 0 Å². The summed E-state index contributed by atoms with van der Waals surface area (Å²) in [5.74, 6) is 0.924. The van der Waals surface area contributed by atoms with Crippen molar-refractivity contribution in [2.75, 3.05) is 19.8 Å². The fraction of sp³-hybridized carbons (Fsp3) is 0.593. The van der Waals surface area contributed by atoms with Crippen molar-refractivity contribution in [1.82, 2.24) is 5.32 Å². The lowest BCUT2D eigenvalue weighted by Crippen LogP contribution is -2.28. The Bertz CT molecular complexity index is 790. The van der Waals surface area contributed by atoms with E-state index in [1.807, 2.05) is 6.21 Å². The van der Waals surface area contributed by atoms with Gasteiger partial charge in [0, 0.05) is 25.8 Å². The molecule has 0 spiro atoms. The Kier molecular flexibility index (Phi) is 11.3. The molecule has 1 heterocycles. The van der Waals surface area contributed by atoms with Gasteiger partial charge in [-0.2, -0.15) is 0 Å². The molecule has 2 rings (SSSR count). The summed E-state index contributed by atoms with van der Waals surface area (Å²) in [6, 6.07) is 6.74. The molecular formula is C27H43N3O3. The number of hydrogen-bond acceptors (Lipinski definition) is 6. The predicted octanol–water partition coefficient (Wildman–Crippen LogP) is 4.74. The molecule has 0 bridgehead atoms. The van der Waals surface area contributed by atoms with Crippen molar-refractivity contribution in [1.29, 1.82) is 0 Å². The average molecular weight is 458 g/mol. The molecule has 1 fully saturated rings. The van der Waals surface area contributed by atoms with Gasteiger partial charge >= 0.3 is 0 Å². The molecule has 0 aliphatic carbocycles. The Morgan fingerprint density at radius 3 is 2.73 bits per heavy atom. The zero-order valence-electron chi connectivity index (χ0n) is 20.8. The van der Waals surface area contributed by atoms with E-state index in [2.05, 4.69) is 55.9 Å². The Morgan fingerprint density at radius 1 is 1.36 bits per heavy atom. The van der Waals surface area contributed by atoms with E-state index in [4.69, 9.17) is 15.2 Å². The Balaban J connectivity index is 2.33. The fourth-order valence-corrected chi connectivity index (χ4v) is 4.13. The van der Waals surface area contributed by atoms with Crippen LogP contribution in [-0.4, -0.2) is 42.9 Å². The van der Waals surface area contributed by atoms with Crippen molar-refractivity contribution in [2.24, 2.45) is 10.7 Å². The summed E-state index contributed by atoms with van der Waals surface area (Å²) >= 11 is 0. The van der Waals surface area contributed by atoms with Gasteiger partial charge in [-0.05, 0) is 88.6 Å². The van der Waals surface area contributed by atoms with Crippen LogP contribution in [0.5, 0.6) is 0 Å². The van der Waals surface area contributed by atoms with E-state index in [1.165, 1.54) is 16.7 Å². The molecule has 0 radical (unpaired) electrons. The van der Waals surface area contributed by atoms with Gasteiger partial charge in [0.25, 0.3) is 0 Å². The third-order valence-electron chi connectivity index (χ3n) is 5.59. The van der Waals surface area contributed by atoms with Gasteiger partial charge in [-0.25, -0.2) is 4.99 Å². The highest BCUT2D eigenvalue weighted by Gasteiger charge is 2.26. The van der Waals surface area contributed by atoms with Crippen LogP contribution in [0.1, 0.15) is 82.1 Å². The lowest BCUT2D eigenvalue weighted by atomic mass is 9.84. The van der Waals surface area contributed by atoms with Crippen molar-refractivity contribution in [3.63, 3.8) is 0 Å². The van der Waals surface area contributed by atoms with E-state index in [1.54, 1.807) is 19.1 Å². The van der Waals surface area contributed by atoms with E-state index in [0.29, 0.717) is 18.2 Å². The number of benzene rings is 1. The Labute approximate surface area is 200 Å². The average Bonchev–Trinajstić information content (AvgIpc) is 2.75. The molecular weight excluding hydrogens is 414 g/mol. The van der Waals surface area contributed by atoms with Gasteiger partial charge < -0.3 is 20.3 Å². The van der Waals surface area contributed by atoms with Gasteiger partial charge in [-0.15, -0.1) is 0 Å². The van der Waals surface area contributed by atoms with Gasteiger partial charge in [0.1, 0.15) is 12.0 Å². The van der Waals surface area contributed by atoms with E-state index in [-0.39, 0.29) is 11.7 Å². The van der Waals surface area contributed by atoms with Crippen molar-refractivity contribution in [2.45, 2.75) is 83.6 Å². The number of aliphatic hydroxyl groups is 1. The van der Waals surface area contributed by atoms with Gasteiger partial charge in [-0.3, -0.25) is 5.32 Å². The Morgan fingerprint density at radius 2 is 2.09 bits per heavy atom. The van der Waals surface area contributed by atoms with E-state index in [0.717, 1.165) is 45.4 Å². The molecule has 2 atom stereocenters. The molecule has 1 aliphatic rings. The summed E-state index contributed by atoms with van der Waals surface area (Å²) in [5.41, 5.74) is 9.38.